The molecule has 1 nitrogen and oxygen atoms in total. The van der Waals surface area contributed by atoms with Crippen LogP contribution in [-0.2, 0) is 0 Å². The smallest absolute Gasteiger partial charge is 0.0464 e. The lowest BCUT2D eigenvalue weighted by Crippen LogP contribution is -1.75. The second-order valence-corrected chi connectivity index (χ2v) is 10.3. The number of hydrogen-bond acceptors (Lipinski definition) is 0. The average Bonchev–Trinajstić information content (AvgIpc) is 3.43. The Kier molecular flexibility index (Phi) is 6.61. The average molecular weight is 524 g/mol. The minimum Gasteiger partial charge on any atom is -0.355 e. The Labute approximate surface area is 239 Å². The van der Waals surface area contributed by atoms with Crippen molar-refractivity contribution in [2.75, 3.05) is 0 Å². The van der Waals surface area contributed by atoms with Gasteiger partial charge in [0.1, 0.15) is 0 Å². The molecule has 194 valence electrons. The summed E-state index contributed by atoms with van der Waals surface area (Å²) in [6, 6.07) is 59.5. The lowest BCUT2D eigenvalue weighted by Gasteiger charge is -2.02. The normalized spacial score (nSPS) is 10.9. The molecule has 1 aromatic heterocycles. The number of para-hydroxylation sites is 2. The van der Waals surface area contributed by atoms with E-state index in [1.54, 1.807) is 0 Å². The van der Waals surface area contributed by atoms with E-state index in [-0.39, 0.29) is 0 Å². The molecule has 8 aromatic carbocycles. The van der Waals surface area contributed by atoms with Gasteiger partial charge < -0.3 is 4.98 Å². The van der Waals surface area contributed by atoms with Gasteiger partial charge in [-0.1, -0.05) is 146 Å². The topological polar surface area (TPSA) is 15.8 Å². The maximum Gasteiger partial charge on any atom is 0.0464 e. The van der Waals surface area contributed by atoms with Crippen LogP contribution in [0.5, 0.6) is 0 Å². The third kappa shape index (κ3) is 5.02. The Hall–Kier alpha value is -5.40. The van der Waals surface area contributed by atoms with E-state index in [1.165, 1.54) is 64.9 Å². The zero-order valence-electron chi connectivity index (χ0n) is 22.7. The molecule has 0 fully saturated rings. The zero-order valence-corrected chi connectivity index (χ0v) is 22.7. The molecule has 0 bridgehead atoms. The zero-order chi connectivity index (χ0) is 27.4. The first-order valence-electron chi connectivity index (χ1n) is 14.0. The number of nitrogens with one attached hydrogen (secondary N) is 1. The van der Waals surface area contributed by atoms with Gasteiger partial charge in [0, 0.05) is 21.8 Å². The van der Waals surface area contributed by atoms with Gasteiger partial charge in [0.2, 0.25) is 0 Å². The van der Waals surface area contributed by atoms with E-state index in [2.05, 4.69) is 175 Å². The first kappa shape index (κ1) is 24.6. The maximum absolute atomic E-state index is 3.38. The van der Waals surface area contributed by atoms with Crippen LogP contribution >= 0.6 is 0 Å². The molecule has 1 heterocycles. The van der Waals surface area contributed by atoms with E-state index < -0.39 is 0 Å². The van der Waals surface area contributed by atoms with Crippen LogP contribution in [0.4, 0.5) is 0 Å². The van der Waals surface area contributed by atoms with Crippen molar-refractivity contribution < 1.29 is 0 Å². The second kappa shape index (κ2) is 11.0. The summed E-state index contributed by atoms with van der Waals surface area (Å²) in [5.74, 6) is 0. The van der Waals surface area contributed by atoms with Gasteiger partial charge in [0.15, 0.2) is 0 Å². The van der Waals surface area contributed by atoms with E-state index >= 15 is 0 Å². The molecule has 0 atom stereocenters. The van der Waals surface area contributed by atoms with Crippen LogP contribution in [0.15, 0.2) is 170 Å². The molecule has 9 aromatic rings. The van der Waals surface area contributed by atoms with E-state index in [0.29, 0.717) is 0 Å². The van der Waals surface area contributed by atoms with E-state index in [0.717, 1.165) is 0 Å². The molecule has 1 N–H and O–H groups in total. The molecule has 0 spiro atoms. The Morgan fingerprint density at radius 2 is 0.537 bits per heavy atom. The predicted molar refractivity (Wildman–Crippen MR) is 179 cm³/mol. The van der Waals surface area contributed by atoms with Crippen LogP contribution in [0, 0.1) is 0 Å². The highest BCUT2D eigenvalue weighted by Crippen LogP contribution is 2.26. The maximum atomic E-state index is 3.38. The van der Waals surface area contributed by atoms with Crippen LogP contribution in [-0.4, -0.2) is 4.98 Å². The fourth-order valence-electron chi connectivity index (χ4n) is 5.64. The van der Waals surface area contributed by atoms with Crippen molar-refractivity contribution in [1.29, 1.82) is 0 Å². The Bertz CT molecular complexity index is 2050. The lowest BCUT2D eigenvalue weighted by molar-refractivity contribution is 1.55. The molecule has 0 unspecified atom stereocenters. The summed E-state index contributed by atoms with van der Waals surface area (Å²) in [6.07, 6.45) is 0. The van der Waals surface area contributed by atoms with Gasteiger partial charge in [-0.25, -0.2) is 0 Å². The molecule has 41 heavy (non-hydrogen) atoms. The van der Waals surface area contributed by atoms with Gasteiger partial charge in [-0.05, 0) is 67.4 Å². The van der Waals surface area contributed by atoms with E-state index in [1.807, 2.05) is 0 Å². The second-order valence-electron chi connectivity index (χ2n) is 10.3. The molecule has 0 radical (unpaired) electrons. The van der Waals surface area contributed by atoms with E-state index in [9.17, 15) is 0 Å². The number of benzene rings is 8. The molecule has 0 saturated carbocycles. The summed E-state index contributed by atoms with van der Waals surface area (Å²) < 4.78 is 0. The highest BCUT2D eigenvalue weighted by atomic mass is 14.7. The Balaban J connectivity index is 0.000000101. The highest BCUT2D eigenvalue weighted by Gasteiger charge is 2.00. The van der Waals surface area contributed by atoms with Crippen molar-refractivity contribution in [2.45, 2.75) is 0 Å². The fourth-order valence-corrected chi connectivity index (χ4v) is 5.64. The van der Waals surface area contributed by atoms with Crippen molar-refractivity contribution >= 4 is 64.9 Å². The Morgan fingerprint density at radius 1 is 0.244 bits per heavy atom. The summed E-state index contributed by atoms with van der Waals surface area (Å²) in [4.78, 5) is 3.38. The summed E-state index contributed by atoms with van der Waals surface area (Å²) in [6.45, 7) is 0. The quantitative estimate of drug-likeness (QED) is 0.150. The van der Waals surface area contributed by atoms with Gasteiger partial charge in [0.25, 0.3) is 0 Å². The lowest BCUT2D eigenvalue weighted by atomic mass is 10.0. The summed E-state index contributed by atoms with van der Waals surface area (Å²) in [5.41, 5.74) is 2.42. The van der Waals surface area contributed by atoms with Gasteiger partial charge >= 0.3 is 0 Å². The monoisotopic (exact) mass is 523 g/mol. The number of rotatable bonds is 0. The first-order chi connectivity index (χ1) is 20.3. The molecule has 0 aliphatic rings. The third-order valence-electron chi connectivity index (χ3n) is 7.68. The minimum atomic E-state index is 1.21. The van der Waals surface area contributed by atoms with Crippen LogP contribution in [0.2, 0.25) is 0 Å². The minimum absolute atomic E-state index is 1.21. The number of hydrogen-bond donors (Lipinski definition) is 1. The molecule has 1 heteroatoms. The van der Waals surface area contributed by atoms with Gasteiger partial charge in [-0.2, -0.15) is 0 Å². The highest BCUT2D eigenvalue weighted by molar-refractivity contribution is 6.08. The largest absolute Gasteiger partial charge is 0.355 e. The number of aromatic nitrogens is 1. The van der Waals surface area contributed by atoms with Crippen molar-refractivity contribution in [1.82, 2.24) is 4.98 Å². The number of fused-ring (bicyclic) bond motifs is 8. The van der Waals surface area contributed by atoms with Crippen molar-refractivity contribution in [3.05, 3.63) is 170 Å². The molecule has 9 rings (SSSR count). The van der Waals surface area contributed by atoms with Crippen molar-refractivity contribution in [3.63, 3.8) is 0 Å². The standard InChI is InChI=1S/2C14H10.C12H9N/c1-3-7-13-11(5-1)9-10-12-6-2-4-8-14(12)13;1-2-6-12-10-14-8-4-3-7-13(14)9-11(12)5-1;1-3-7-11-9(5-1)10-6-2-4-8-12(10)13-11/h2*1-10H;1-8,13H. The van der Waals surface area contributed by atoms with Crippen molar-refractivity contribution in [2.24, 2.45) is 0 Å². The molecule has 0 aliphatic carbocycles. The number of H-pyrrole nitrogens is 1. The molecule has 0 aliphatic heterocycles. The van der Waals surface area contributed by atoms with E-state index in [4.69, 9.17) is 0 Å². The summed E-state index contributed by atoms with van der Waals surface area (Å²) in [5, 5.41) is 13.2. The van der Waals surface area contributed by atoms with Gasteiger partial charge in [0.05, 0.1) is 0 Å². The van der Waals surface area contributed by atoms with Crippen LogP contribution < -0.4 is 0 Å². The number of aromatic amines is 1. The SMILES string of the molecule is c1ccc2c(c1)[nH]c1ccccc12.c1ccc2c(c1)ccc1ccccc12.c1ccc2cc3ccccc3cc2c1. The van der Waals surface area contributed by atoms with Gasteiger partial charge in [-0.15, -0.1) is 0 Å². The van der Waals surface area contributed by atoms with Crippen LogP contribution in [0.25, 0.3) is 64.9 Å². The summed E-state index contributed by atoms with van der Waals surface area (Å²) in [7, 11) is 0. The Morgan fingerprint density at radius 3 is 0.927 bits per heavy atom. The summed E-state index contributed by atoms with van der Waals surface area (Å²) >= 11 is 0. The molecule has 0 saturated heterocycles. The van der Waals surface area contributed by atoms with Gasteiger partial charge in [-0.3, -0.25) is 0 Å². The van der Waals surface area contributed by atoms with Crippen LogP contribution in [0.3, 0.4) is 0 Å². The molecular formula is C40H29N. The van der Waals surface area contributed by atoms with Crippen molar-refractivity contribution in [3.8, 4) is 0 Å². The first-order valence-corrected chi connectivity index (χ1v) is 14.0. The fraction of sp³-hybridized carbons (Fsp3) is 0. The molecular weight excluding hydrogens is 494 g/mol. The molecule has 0 amide bonds. The van der Waals surface area contributed by atoms with Crippen LogP contribution in [0.1, 0.15) is 0 Å². The third-order valence-corrected chi connectivity index (χ3v) is 7.68. The predicted octanol–water partition coefficient (Wildman–Crippen LogP) is 11.3.